The van der Waals surface area contributed by atoms with E-state index in [2.05, 4.69) is 16.0 Å². The third-order valence-electron chi connectivity index (χ3n) is 9.86. The predicted molar refractivity (Wildman–Crippen MR) is 281 cm³/mol. The second-order valence-electron chi connectivity index (χ2n) is 15.1. The molecule has 4 atom stereocenters. The van der Waals surface area contributed by atoms with Crippen molar-refractivity contribution in [1.29, 1.82) is 0 Å². The second-order valence-corrected chi connectivity index (χ2v) is 23.3. The Morgan fingerprint density at radius 2 is 1.18 bits per heavy atom. The van der Waals surface area contributed by atoms with Crippen LogP contribution in [0, 0.1) is 0 Å². The number of methoxy groups -OCH3 is 1. The molecule has 2 amide bonds. The van der Waals surface area contributed by atoms with Crippen molar-refractivity contribution in [3.8, 4) is 0 Å². The zero-order chi connectivity index (χ0) is 49.4. The van der Waals surface area contributed by atoms with E-state index in [0.717, 1.165) is 12.1 Å². The summed E-state index contributed by atoms with van der Waals surface area (Å²) in [7, 11) is 48.4. The first kappa shape index (κ1) is 64.2. The average Bonchev–Trinajstić information content (AvgIpc) is 3.26. The number of ether oxygens (including phenoxy) is 4. The Bertz CT molecular complexity index is 1760. The van der Waals surface area contributed by atoms with Gasteiger partial charge >= 0.3 is 261 Å². The van der Waals surface area contributed by atoms with Gasteiger partial charge in [0.2, 0.25) is 0 Å². The van der Waals surface area contributed by atoms with Crippen LogP contribution in [0.25, 0.3) is 0 Å². The molecular weight excluding hydrogens is 872 g/mol. The number of hydrogen-bond acceptors (Lipinski definition) is 12. The number of carbonyl (C=O) groups excluding carboxylic acids is 7. The Labute approximate surface area is 404 Å². The number of hydrogen-bond donors (Lipinski definition) is 3. The van der Waals surface area contributed by atoms with Crippen molar-refractivity contribution < 1.29 is 52.5 Å². The third kappa shape index (κ3) is 27.2. The summed E-state index contributed by atoms with van der Waals surface area (Å²) in [6.07, 6.45) is -0.439. The molecule has 330 valence electrons. The molecule has 0 saturated heterocycles. The van der Waals surface area contributed by atoms with E-state index in [1.54, 1.807) is 13.8 Å². The van der Waals surface area contributed by atoms with Crippen molar-refractivity contribution in [3.05, 3.63) is 0 Å². The fourth-order valence-corrected chi connectivity index (χ4v) is 9.74. The second kappa shape index (κ2) is 37.1. The van der Waals surface area contributed by atoms with Crippen LogP contribution in [0.2, 0.25) is 0 Å². The van der Waals surface area contributed by atoms with Gasteiger partial charge in [-0.2, -0.15) is 0 Å². The Morgan fingerprint density at radius 1 is 0.631 bits per heavy atom. The summed E-state index contributed by atoms with van der Waals surface area (Å²) in [5.74, 6) is -6.02. The Hall–Kier alpha value is -0.806. The molecule has 65 heavy (non-hydrogen) atoms. The summed E-state index contributed by atoms with van der Waals surface area (Å²) in [5.41, 5.74) is 0. The normalized spacial score (nSPS) is 13.0. The monoisotopic (exact) mass is 929 g/mol. The van der Waals surface area contributed by atoms with Crippen LogP contribution in [-0.4, -0.2) is 248 Å². The van der Waals surface area contributed by atoms with Gasteiger partial charge in [-0.25, -0.2) is 0 Å². The number of amides is 2. The molecule has 0 aliphatic carbocycles. The topological polar surface area (TPSA) is 192 Å². The first-order valence-corrected chi connectivity index (χ1v) is 27.3. The first-order valence-electron chi connectivity index (χ1n) is 21.2. The molecule has 3 N–H and O–H groups in total. The molecule has 4 unspecified atom stereocenters. The van der Waals surface area contributed by atoms with E-state index in [4.69, 9.17) is 88.4 Å². The van der Waals surface area contributed by atoms with Gasteiger partial charge in [0.15, 0.2) is 5.78 Å². The predicted octanol–water partition coefficient (Wildman–Crippen LogP) is -3.75. The molecule has 0 aromatic heterocycles. The van der Waals surface area contributed by atoms with Crippen LogP contribution in [0.5, 0.6) is 0 Å². The van der Waals surface area contributed by atoms with E-state index < -0.39 is 84.1 Å². The number of ketones is 5. The van der Waals surface area contributed by atoms with Crippen molar-refractivity contribution in [2.75, 3.05) is 84.2 Å². The maximum atomic E-state index is 14.1. The number of Topliss-reactive ketones (excluding diaryl/α,β-unsaturated/α-hetero) is 5. The Morgan fingerprint density at radius 3 is 1.75 bits per heavy atom. The SMILES string of the molecule is [B]B=S(=B[B])(CC(=O)CCC(NC(=O)C(CCC(=O)CP([B])C)NC(=O)CCC(NCCC(=O)COCCOCC)C(=O)CCCOCCOC)C(=O)CS(=B[B])(=B[B])B([B])[B])B([B])[B]. The van der Waals surface area contributed by atoms with Crippen LogP contribution in [0.3, 0.4) is 0 Å². The van der Waals surface area contributed by atoms with Gasteiger partial charge in [-0.15, -0.1) is 0 Å². The van der Waals surface area contributed by atoms with E-state index in [9.17, 15) is 33.6 Å². The number of nitrogens with one attached hydrogen (secondary N) is 3. The minimum absolute atomic E-state index is 0.0101. The van der Waals surface area contributed by atoms with Gasteiger partial charge in [-0.05, 0) is 13.3 Å². The van der Waals surface area contributed by atoms with Gasteiger partial charge in [-0.1, -0.05) is 6.66 Å². The number of rotatable bonds is 39. The molecule has 14 nitrogen and oxygen atoms in total. The van der Waals surface area contributed by atoms with Crippen LogP contribution >= 0.6 is 25.3 Å². The third-order valence-corrected chi connectivity index (χ3v) is 16.4. The van der Waals surface area contributed by atoms with Crippen molar-refractivity contribution in [2.24, 2.45) is 0 Å². The van der Waals surface area contributed by atoms with E-state index in [-0.39, 0.29) is 100 Å². The summed E-state index contributed by atoms with van der Waals surface area (Å²) >= 11 is 0. The molecule has 0 rings (SSSR count). The fourth-order valence-electron chi connectivity index (χ4n) is 5.95. The van der Waals surface area contributed by atoms with Gasteiger partial charge in [0.1, 0.15) is 20.0 Å². The van der Waals surface area contributed by atoms with E-state index in [1.165, 1.54) is 12.1 Å². The zero-order valence-electron chi connectivity index (χ0n) is 38.3. The molecular formula is C33H55B15N3O11PS2. The molecule has 0 saturated carbocycles. The van der Waals surface area contributed by atoms with Crippen LogP contribution in [-0.2, 0) is 52.5 Å². The molecule has 0 spiro atoms. The number of carbonyl (C=O) groups is 7. The summed E-state index contributed by atoms with van der Waals surface area (Å²) in [4.78, 5) is 93.6. The van der Waals surface area contributed by atoms with Gasteiger partial charge in [0, 0.05) is 39.7 Å². The average molecular weight is 927 g/mol. The zero-order valence-corrected chi connectivity index (χ0v) is 40.8. The van der Waals surface area contributed by atoms with Crippen LogP contribution in [0.1, 0.15) is 64.7 Å². The molecule has 32 heteroatoms. The molecule has 0 fully saturated rings. The maximum absolute atomic E-state index is 14.1. The molecule has 18 radical (unpaired) electrons. The fraction of sp³-hybridized carbons (Fsp3) is 0.788. The standard InChI is InChI=1S/C33H55B15N3O11PS2/c1-4-60-18-19-62-20-24(52)13-14-49-27(30(55)6-5-15-61-17-16-59-2)11-12-32(57)50-29(10-7-25(53)21-63(3)42)33(58)51-28(31(56)23-65(45-36,46-37)48(40)41)9-8-26(54)22-64(43-34,44-35)47(38)39/h27-29,49H,4-23H2,1-3H3,(H,50,57)(H,51,58). The van der Waals surface area contributed by atoms with Crippen LogP contribution < -0.4 is 16.0 Å². The van der Waals surface area contributed by atoms with E-state index >= 15 is 0 Å². The molecule has 0 aliphatic heterocycles. The van der Waals surface area contributed by atoms with E-state index in [0.29, 0.717) is 39.5 Å². The van der Waals surface area contributed by atoms with Crippen molar-refractivity contribution in [2.45, 2.75) is 82.8 Å². The van der Waals surface area contributed by atoms with Gasteiger partial charge in [0.05, 0.1) is 26.4 Å². The van der Waals surface area contributed by atoms with Crippen molar-refractivity contribution >= 4 is 171 Å². The summed E-state index contributed by atoms with van der Waals surface area (Å²) < 4.78 is 21.0. The summed E-state index contributed by atoms with van der Waals surface area (Å²) in [5, 5.41) is 8.38. The Balaban J connectivity index is 6.44. The quantitative estimate of drug-likeness (QED) is 0.0311. The van der Waals surface area contributed by atoms with Gasteiger partial charge in [-0.3, -0.25) is 9.59 Å². The van der Waals surface area contributed by atoms with Gasteiger partial charge in [0.25, 0.3) is 0 Å². The molecule has 0 heterocycles. The molecule has 0 aromatic rings. The van der Waals surface area contributed by atoms with Crippen LogP contribution in [0.15, 0.2) is 0 Å². The first-order chi connectivity index (χ1) is 30.8. The molecule has 0 aliphatic rings. The van der Waals surface area contributed by atoms with Crippen molar-refractivity contribution in [1.82, 2.24) is 16.0 Å². The molecule has 0 bridgehead atoms. The van der Waals surface area contributed by atoms with Crippen molar-refractivity contribution in [3.63, 3.8) is 0 Å². The molecule has 0 aromatic carbocycles. The Kier molecular flexibility index (Phi) is 36.6. The van der Waals surface area contributed by atoms with E-state index in [1.807, 2.05) is 6.92 Å². The minimum atomic E-state index is -2.58. The summed E-state index contributed by atoms with van der Waals surface area (Å²) in [6.45, 7) is 5.74. The summed E-state index contributed by atoms with van der Waals surface area (Å²) in [6, 6.07) is 1.11. The van der Waals surface area contributed by atoms with Gasteiger partial charge < -0.3 is 24.3 Å². The van der Waals surface area contributed by atoms with Crippen LogP contribution in [0.4, 0.5) is 0 Å².